The molecular weight excluding hydrogens is 295 g/mol. The molecule has 3 nitrogen and oxygen atoms in total. The second kappa shape index (κ2) is 5.74. The van der Waals surface area contributed by atoms with Crippen LogP contribution in [0.25, 0.3) is 0 Å². The normalized spacial score (nSPS) is 24.6. The lowest BCUT2D eigenvalue weighted by Crippen LogP contribution is -2.30. The molecule has 1 saturated carbocycles. The van der Waals surface area contributed by atoms with Crippen molar-refractivity contribution in [1.29, 1.82) is 0 Å². The SMILES string of the molecule is CC(NC(=O)C1C(C=C(Cl)Cl)C1(C)C)c1ccccn1. The third-order valence-corrected chi connectivity index (χ3v) is 4.24. The second-order valence-corrected chi connectivity index (χ2v) is 6.77. The number of allylic oxidation sites excluding steroid dienone is 1. The summed E-state index contributed by atoms with van der Waals surface area (Å²) in [5.74, 6) is 0.00795. The number of rotatable bonds is 4. The number of pyridine rings is 1. The van der Waals surface area contributed by atoms with Crippen LogP contribution in [0.15, 0.2) is 35.0 Å². The zero-order chi connectivity index (χ0) is 14.9. The van der Waals surface area contributed by atoms with E-state index in [0.717, 1.165) is 5.69 Å². The van der Waals surface area contributed by atoms with Crippen molar-refractivity contribution in [3.05, 3.63) is 40.7 Å². The molecule has 1 aromatic rings. The molecule has 2 rings (SSSR count). The lowest BCUT2D eigenvalue weighted by atomic mass is 10.1. The molecule has 0 bridgehead atoms. The predicted octanol–water partition coefficient (Wildman–Crippen LogP) is 3.85. The summed E-state index contributed by atoms with van der Waals surface area (Å²) in [4.78, 5) is 16.6. The number of halogens is 2. The molecule has 1 heterocycles. The van der Waals surface area contributed by atoms with Gasteiger partial charge in [-0.15, -0.1) is 0 Å². The van der Waals surface area contributed by atoms with Gasteiger partial charge in [0.25, 0.3) is 0 Å². The monoisotopic (exact) mass is 312 g/mol. The molecule has 20 heavy (non-hydrogen) atoms. The summed E-state index contributed by atoms with van der Waals surface area (Å²) in [6.45, 7) is 6.01. The van der Waals surface area contributed by atoms with Gasteiger partial charge in [0, 0.05) is 6.20 Å². The quantitative estimate of drug-likeness (QED) is 0.917. The first-order chi connectivity index (χ1) is 9.34. The van der Waals surface area contributed by atoms with Gasteiger partial charge in [-0.05, 0) is 36.5 Å². The molecule has 3 unspecified atom stereocenters. The number of carbonyl (C=O) groups excluding carboxylic acids is 1. The highest BCUT2D eigenvalue weighted by Crippen LogP contribution is 2.59. The molecule has 0 spiro atoms. The van der Waals surface area contributed by atoms with Crippen molar-refractivity contribution in [2.75, 3.05) is 0 Å². The van der Waals surface area contributed by atoms with E-state index in [-0.39, 0.29) is 33.7 Å². The fraction of sp³-hybridized carbons (Fsp3) is 0.467. The van der Waals surface area contributed by atoms with Crippen LogP contribution in [0.4, 0.5) is 0 Å². The van der Waals surface area contributed by atoms with Gasteiger partial charge in [-0.3, -0.25) is 9.78 Å². The van der Waals surface area contributed by atoms with E-state index < -0.39 is 0 Å². The number of aromatic nitrogens is 1. The Morgan fingerprint density at radius 2 is 2.15 bits per heavy atom. The van der Waals surface area contributed by atoms with Gasteiger partial charge in [0.1, 0.15) is 4.49 Å². The van der Waals surface area contributed by atoms with E-state index in [2.05, 4.69) is 10.3 Å². The van der Waals surface area contributed by atoms with E-state index >= 15 is 0 Å². The lowest BCUT2D eigenvalue weighted by molar-refractivity contribution is -0.123. The smallest absolute Gasteiger partial charge is 0.224 e. The number of carbonyl (C=O) groups is 1. The molecule has 1 aromatic heterocycles. The zero-order valence-electron chi connectivity index (χ0n) is 11.7. The third-order valence-electron chi connectivity index (χ3n) is 3.99. The van der Waals surface area contributed by atoms with E-state index in [1.54, 1.807) is 12.3 Å². The highest BCUT2D eigenvalue weighted by Gasteiger charge is 2.60. The van der Waals surface area contributed by atoms with Gasteiger partial charge in [-0.25, -0.2) is 0 Å². The van der Waals surface area contributed by atoms with Crippen molar-refractivity contribution in [1.82, 2.24) is 10.3 Å². The maximum Gasteiger partial charge on any atom is 0.224 e. The molecule has 0 aliphatic heterocycles. The molecule has 1 aliphatic carbocycles. The summed E-state index contributed by atoms with van der Waals surface area (Å²) in [5, 5.41) is 3.00. The summed E-state index contributed by atoms with van der Waals surface area (Å²) >= 11 is 11.4. The minimum Gasteiger partial charge on any atom is -0.348 e. The van der Waals surface area contributed by atoms with Gasteiger partial charge in [-0.1, -0.05) is 43.1 Å². The van der Waals surface area contributed by atoms with Crippen molar-refractivity contribution >= 4 is 29.1 Å². The highest BCUT2D eigenvalue weighted by atomic mass is 35.5. The third kappa shape index (κ3) is 3.15. The van der Waals surface area contributed by atoms with E-state index in [1.807, 2.05) is 39.0 Å². The summed E-state index contributed by atoms with van der Waals surface area (Å²) in [5.41, 5.74) is 0.741. The molecular formula is C15H18Cl2N2O. The predicted molar refractivity (Wildman–Crippen MR) is 81.3 cm³/mol. The minimum absolute atomic E-state index is 0.0176. The van der Waals surface area contributed by atoms with Crippen LogP contribution in [0.1, 0.15) is 32.5 Å². The fourth-order valence-electron chi connectivity index (χ4n) is 2.63. The first kappa shape index (κ1) is 15.3. The minimum atomic E-state index is -0.115. The molecule has 1 amide bonds. The molecule has 1 aliphatic rings. The van der Waals surface area contributed by atoms with Crippen LogP contribution in [0, 0.1) is 17.3 Å². The van der Waals surface area contributed by atoms with Gasteiger partial charge < -0.3 is 5.32 Å². The molecule has 0 radical (unpaired) electrons. The highest BCUT2D eigenvalue weighted by molar-refractivity contribution is 6.55. The number of amides is 1. The fourth-order valence-corrected chi connectivity index (χ4v) is 2.91. The topological polar surface area (TPSA) is 42.0 Å². The summed E-state index contributed by atoms with van der Waals surface area (Å²) in [6, 6.07) is 5.54. The Morgan fingerprint density at radius 3 is 2.70 bits per heavy atom. The van der Waals surface area contributed by atoms with Crippen LogP contribution < -0.4 is 5.32 Å². The Kier molecular flexibility index (Phi) is 4.40. The average molecular weight is 313 g/mol. The first-order valence-corrected chi connectivity index (χ1v) is 7.33. The van der Waals surface area contributed by atoms with E-state index in [9.17, 15) is 4.79 Å². The number of hydrogen-bond donors (Lipinski definition) is 1. The van der Waals surface area contributed by atoms with Gasteiger partial charge in [0.15, 0.2) is 0 Å². The van der Waals surface area contributed by atoms with E-state index in [4.69, 9.17) is 23.2 Å². The van der Waals surface area contributed by atoms with Crippen LogP contribution >= 0.6 is 23.2 Å². The standard InChI is InChI=1S/C15H18Cl2N2O/c1-9(11-6-4-5-7-18-11)19-14(20)13-10(8-12(16)17)15(13,2)3/h4-10,13H,1-3H3,(H,19,20). The number of nitrogens with one attached hydrogen (secondary N) is 1. The Morgan fingerprint density at radius 1 is 1.45 bits per heavy atom. The van der Waals surface area contributed by atoms with Crippen LogP contribution in [0.3, 0.4) is 0 Å². The number of nitrogens with zero attached hydrogens (tertiary/aromatic N) is 1. The summed E-state index contributed by atoms with van der Waals surface area (Å²) < 4.78 is 0.219. The molecule has 1 fully saturated rings. The summed E-state index contributed by atoms with van der Waals surface area (Å²) in [6.07, 6.45) is 3.47. The van der Waals surface area contributed by atoms with E-state index in [1.165, 1.54) is 0 Å². The first-order valence-electron chi connectivity index (χ1n) is 6.58. The average Bonchev–Trinajstić information content (AvgIpc) is 2.91. The van der Waals surface area contributed by atoms with Gasteiger partial charge in [0.2, 0.25) is 5.91 Å². The van der Waals surface area contributed by atoms with Crippen molar-refractivity contribution < 1.29 is 4.79 Å². The van der Waals surface area contributed by atoms with Crippen LogP contribution in [0.2, 0.25) is 0 Å². The van der Waals surface area contributed by atoms with Crippen LogP contribution in [-0.2, 0) is 4.79 Å². The van der Waals surface area contributed by atoms with Gasteiger partial charge in [0.05, 0.1) is 17.7 Å². The van der Waals surface area contributed by atoms with E-state index in [0.29, 0.717) is 0 Å². The molecule has 108 valence electrons. The van der Waals surface area contributed by atoms with Crippen molar-refractivity contribution in [2.24, 2.45) is 17.3 Å². The van der Waals surface area contributed by atoms with Crippen molar-refractivity contribution in [3.63, 3.8) is 0 Å². The molecule has 0 aromatic carbocycles. The largest absolute Gasteiger partial charge is 0.348 e. The Balaban J connectivity index is 2.02. The Hall–Kier alpha value is -1.06. The zero-order valence-corrected chi connectivity index (χ0v) is 13.2. The summed E-state index contributed by atoms with van der Waals surface area (Å²) in [7, 11) is 0. The lowest BCUT2D eigenvalue weighted by Gasteiger charge is -2.13. The molecule has 5 heteroatoms. The maximum absolute atomic E-state index is 12.3. The maximum atomic E-state index is 12.3. The number of hydrogen-bond acceptors (Lipinski definition) is 2. The molecule has 1 N–H and O–H groups in total. The molecule has 3 atom stereocenters. The Labute approximate surface area is 129 Å². The van der Waals surface area contributed by atoms with Crippen LogP contribution in [-0.4, -0.2) is 10.9 Å². The van der Waals surface area contributed by atoms with Crippen LogP contribution in [0.5, 0.6) is 0 Å². The molecule has 0 saturated heterocycles. The van der Waals surface area contributed by atoms with Gasteiger partial charge >= 0.3 is 0 Å². The van der Waals surface area contributed by atoms with Crippen molar-refractivity contribution in [2.45, 2.75) is 26.8 Å². The van der Waals surface area contributed by atoms with Gasteiger partial charge in [-0.2, -0.15) is 0 Å². The second-order valence-electron chi connectivity index (χ2n) is 5.77. The van der Waals surface area contributed by atoms with Crippen molar-refractivity contribution in [3.8, 4) is 0 Å². The Bertz CT molecular complexity index is 524.